The van der Waals surface area contributed by atoms with Gasteiger partial charge >= 0.3 is 0 Å². The van der Waals surface area contributed by atoms with Gasteiger partial charge in [-0.1, -0.05) is 18.7 Å². The van der Waals surface area contributed by atoms with E-state index in [2.05, 4.69) is 16.9 Å². The topological polar surface area (TPSA) is 48.8 Å². The van der Waals surface area contributed by atoms with Crippen LogP contribution in [0.1, 0.15) is 18.1 Å². The fraction of sp³-hybridized carbons (Fsp3) is 0.0667. The maximum Gasteiger partial charge on any atom is 0.0400 e. The molecule has 2 aromatic rings. The molecule has 0 saturated heterocycles. The van der Waals surface area contributed by atoms with Crippen molar-refractivity contribution in [1.29, 1.82) is 5.41 Å². The summed E-state index contributed by atoms with van der Waals surface area (Å²) in [5.74, 6) is 0. The van der Waals surface area contributed by atoms with Crippen molar-refractivity contribution in [3.05, 3.63) is 66.5 Å². The summed E-state index contributed by atoms with van der Waals surface area (Å²) in [7, 11) is 0. The Balaban J connectivity index is 2.10. The molecule has 0 radical (unpaired) electrons. The fourth-order valence-electron chi connectivity index (χ4n) is 1.59. The number of pyridine rings is 1. The number of hydrogen-bond donors (Lipinski definition) is 2. The second-order valence-corrected chi connectivity index (χ2v) is 4.05. The quantitative estimate of drug-likeness (QED) is 0.799. The molecule has 3 heteroatoms. The van der Waals surface area contributed by atoms with Crippen LogP contribution in [-0.2, 0) is 0 Å². The van der Waals surface area contributed by atoms with Crippen LogP contribution in [0.4, 0.5) is 5.69 Å². The molecule has 90 valence electrons. The Bertz CT molecular complexity index is 556. The molecule has 0 aliphatic rings. The van der Waals surface area contributed by atoms with Gasteiger partial charge in [-0.05, 0) is 36.8 Å². The van der Waals surface area contributed by atoms with Gasteiger partial charge in [0.1, 0.15) is 0 Å². The van der Waals surface area contributed by atoms with E-state index in [0.717, 1.165) is 22.5 Å². The van der Waals surface area contributed by atoms with Crippen LogP contribution in [0.2, 0.25) is 0 Å². The van der Waals surface area contributed by atoms with E-state index in [9.17, 15) is 0 Å². The van der Waals surface area contributed by atoms with E-state index in [-0.39, 0.29) is 0 Å². The van der Waals surface area contributed by atoms with Crippen LogP contribution in [0.15, 0.2) is 55.4 Å². The molecule has 0 saturated carbocycles. The lowest BCUT2D eigenvalue weighted by Gasteiger charge is -2.09. The minimum atomic E-state index is 0.563. The first kappa shape index (κ1) is 12.0. The number of hydrogen-bond acceptors (Lipinski definition) is 3. The highest BCUT2D eigenvalue weighted by Gasteiger charge is 2.00. The van der Waals surface area contributed by atoms with Crippen molar-refractivity contribution in [3.63, 3.8) is 0 Å². The third-order valence-corrected chi connectivity index (χ3v) is 2.62. The molecule has 1 aromatic carbocycles. The largest absolute Gasteiger partial charge is 0.355 e. The average Bonchev–Trinajstić information content (AvgIpc) is 2.40. The molecule has 18 heavy (non-hydrogen) atoms. The minimum absolute atomic E-state index is 0.563. The Morgan fingerprint density at radius 2 is 1.89 bits per heavy atom. The third kappa shape index (κ3) is 2.83. The molecule has 2 N–H and O–H groups in total. The lowest BCUT2D eigenvalue weighted by molar-refractivity contribution is 1.31. The van der Waals surface area contributed by atoms with Gasteiger partial charge in [0.15, 0.2) is 0 Å². The Morgan fingerprint density at radius 1 is 1.17 bits per heavy atom. The van der Waals surface area contributed by atoms with Crippen LogP contribution in [0.3, 0.4) is 0 Å². The maximum absolute atomic E-state index is 7.54. The lowest BCUT2D eigenvalue weighted by Crippen LogP contribution is -1.98. The number of benzene rings is 1. The third-order valence-electron chi connectivity index (χ3n) is 2.62. The summed E-state index contributed by atoms with van der Waals surface area (Å²) in [6.07, 6.45) is 3.50. The number of aromatic nitrogens is 1. The predicted octanol–water partition coefficient (Wildman–Crippen LogP) is 3.55. The molecule has 0 atom stereocenters. The summed E-state index contributed by atoms with van der Waals surface area (Å²) in [4.78, 5) is 4.06. The molecule has 0 aliphatic carbocycles. The number of nitrogens with one attached hydrogen (secondary N) is 2. The van der Waals surface area contributed by atoms with Crippen LogP contribution in [0.25, 0.3) is 5.70 Å². The normalized spacial score (nSPS) is 9.83. The standard InChI is InChI=1S/C15H15N3/c1-11(16)13-5-7-15(8-6-13)18-12(2)14-4-3-9-17-10-14/h3-10,16,18H,2H2,1H3. The highest BCUT2D eigenvalue weighted by molar-refractivity contribution is 5.96. The molecule has 0 spiro atoms. The van der Waals surface area contributed by atoms with Crippen molar-refractivity contribution in [2.45, 2.75) is 6.92 Å². The van der Waals surface area contributed by atoms with Crippen LogP contribution >= 0.6 is 0 Å². The Hall–Kier alpha value is -2.42. The van der Waals surface area contributed by atoms with Gasteiger partial charge in [0.25, 0.3) is 0 Å². The van der Waals surface area contributed by atoms with E-state index in [1.165, 1.54) is 0 Å². The molecule has 0 amide bonds. The van der Waals surface area contributed by atoms with Gasteiger partial charge in [0.2, 0.25) is 0 Å². The summed E-state index contributed by atoms with van der Waals surface area (Å²) in [6, 6.07) is 11.5. The molecular formula is C15H15N3. The Labute approximate surface area is 107 Å². The zero-order valence-corrected chi connectivity index (χ0v) is 10.3. The van der Waals surface area contributed by atoms with Crippen molar-refractivity contribution in [1.82, 2.24) is 4.98 Å². The van der Waals surface area contributed by atoms with Gasteiger partial charge in [0.05, 0.1) is 0 Å². The lowest BCUT2D eigenvalue weighted by atomic mass is 10.1. The second kappa shape index (κ2) is 5.27. The van der Waals surface area contributed by atoms with Crippen LogP contribution < -0.4 is 5.32 Å². The monoisotopic (exact) mass is 237 g/mol. The number of rotatable bonds is 4. The first-order chi connectivity index (χ1) is 8.66. The van der Waals surface area contributed by atoms with Gasteiger partial charge in [-0.3, -0.25) is 4.98 Å². The summed E-state index contributed by atoms with van der Waals surface area (Å²) in [5.41, 5.74) is 4.21. The maximum atomic E-state index is 7.54. The van der Waals surface area contributed by atoms with Crippen molar-refractivity contribution in [2.24, 2.45) is 0 Å². The molecule has 0 unspecified atom stereocenters. The van der Waals surface area contributed by atoms with E-state index in [1.54, 1.807) is 19.3 Å². The Kier molecular flexibility index (Phi) is 3.53. The number of nitrogens with zero attached hydrogens (tertiary/aromatic N) is 1. The van der Waals surface area contributed by atoms with Gasteiger partial charge in [0, 0.05) is 35.1 Å². The zero-order valence-electron chi connectivity index (χ0n) is 10.3. The van der Waals surface area contributed by atoms with Gasteiger partial charge in [-0.25, -0.2) is 0 Å². The molecule has 0 fully saturated rings. The van der Waals surface area contributed by atoms with Crippen molar-refractivity contribution in [3.8, 4) is 0 Å². The molecule has 0 bridgehead atoms. The summed E-state index contributed by atoms with van der Waals surface area (Å²) in [6.45, 7) is 5.76. The predicted molar refractivity (Wildman–Crippen MR) is 75.8 cm³/mol. The summed E-state index contributed by atoms with van der Waals surface area (Å²) in [5, 5.41) is 10.8. The van der Waals surface area contributed by atoms with E-state index >= 15 is 0 Å². The molecular weight excluding hydrogens is 222 g/mol. The molecule has 1 heterocycles. The zero-order chi connectivity index (χ0) is 13.0. The Morgan fingerprint density at radius 3 is 2.44 bits per heavy atom. The van der Waals surface area contributed by atoms with E-state index in [1.807, 2.05) is 36.4 Å². The van der Waals surface area contributed by atoms with Gasteiger partial charge in [-0.2, -0.15) is 0 Å². The number of anilines is 1. The van der Waals surface area contributed by atoms with Crippen molar-refractivity contribution in [2.75, 3.05) is 5.32 Å². The minimum Gasteiger partial charge on any atom is -0.355 e. The van der Waals surface area contributed by atoms with Gasteiger partial charge < -0.3 is 10.7 Å². The van der Waals surface area contributed by atoms with Gasteiger partial charge in [-0.15, -0.1) is 0 Å². The van der Waals surface area contributed by atoms with Crippen molar-refractivity contribution >= 4 is 17.1 Å². The first-order valence-electron chi connectivity index (χ1n) is 5.69. The molecule has 2 rings (SSSR count). The average molecular weight is 237 g/mol. The highest BCUT2D eigenvalue weighted by Crippen LogP contribution is 2.16. The van der Waals surface area contributed by atoms with E-state index in [4.69, 9.17) is 5.41 Å². The van der Waals surface area contributed by atoms with Crippen molar-refractivity contribution < 1.29 is 0 Å². The van der Waals surface area contributed by atoms with Crippen LogP contribution in [0, 0.1) is 5.41 Å². The molecule has 1 aromatic heterocycles. The van der Waals surface area contributed by atoms with Crippen LogP contribution in [-0.4, -0.2) is 10.7 Å². The second-order valence-electron chi connectivity index (χ2n) is 4.05. The fourth-order valence-corrected chi connectivity index (χ4v) is 1.59. The molecule has 0 aliphatic heterocycles. The smallest absolute Gasteiger partial charge is 0.0400 e. The highest BCUT2D eigenvalue weighted by atomic mass is 14.9. The molecule has 3 nitrogen and oxygen atoms in total. The first-order valence-corrected chi connectivity index (χ1v) is 5.69. The van der Waals surface area contributed by atoms with E-state index < -0.39 is 0 Å². The van der Waals surface area contributed by atoms with E-state index in [0.29, 0.717) is 5.71 Å². The summed E-state index contributed by atoms with van der Waals surface area (Å²) >= 11 is 0. The SMILES string of the molecule is C=C(Nc1ccc(C(C)=N)cc1)c1cccnc1. The summed E-state index contributed by atoms with van der Waals surface area (Å²) < 4.78 is 0. The van der Waals surface area contributed by atoms with Crippen LogP contribution in [0.5, 0.6) is 0 Å².